The van der Waals surface area contributed by atoms with Crippen LogP contribution in [0.4, 0.5) is 13.2 Å². The smallest absolute Gasteiger partial charge is 0.376 e. The van der Waals surface area contributed by atoms with Gasteiger partial charge < -0.3 is 15.1 Å². The highest BCUT2D eigenvalue weighted by molar-refractivity contribution is 5.39. The Balaban J connectivity index is 2.00. The van der Waals surface area contributed by atoms with Crippen LogP contribution in [0.15, 0.2) is 48.0 Å². The molecule has 1 atom stereocenters. The average Bonchev–Trinajstić information content (AvgIpc) is 2.88. The second-order valence-corrected chi connectivity index (χ2v) is 5.78. The van der Waals surface area contributed by atoms with Gasteiger partial charge in [0.2, 0.25) is 0 Å². The van der Waals surface area contributed by atoms with E-state index in [1.165, 1.54) is 5.70 Å². The SMILES string of the molecule is C=C(/C=C\C1=C(C)N(C)C2CCN1C2)C(=C)NCC(F)(F)F. The zero-order valence-corrected chi connectivity index (χ0v) is 13.0. The van der Waals surface area contributed by atoms with Gasteiger partial charge in [-0.3, -0.25) is 0 Å². The molecule has 22 heavy (non-hydrogen) atoms. The standard InChI is InChI=1S/C16H22F3N3/c1-11(12(2)20-10-16(17,18)19)5-6-15-13(3)21(4)14-7-8-22(15)9-14/h5-6,14,20H,1-2,7-10H2,3-4H3/b6-5-. The Morgan fingerprint density at radius 3 is 2.73 bits per heavy atom. The Kier molecular flexibility index (Phi) is 4.58. The minimum Gasteiger partial charge on any atom is -0.376 e. The van der Waals surface area contributed by atoms with E-state index in [-0.39, 0.29) is 5.70 Å². The van der Waals surface area contributed by atoms with Crippen molar-refractivity contribution in [3.63, 3.8) is 0 Å². The number of allylic oxidation sites excluding steroid dienone is 3. The minimum absolute atomic E-state index is 0.190. The molecule has 0 aromatic heterocycles. The van der Waals surface area contributed by atoms with Crippen molar-refractivity contribution in [2.75, 3.05) is 26.7 Å². The monoisotopic (exact) mass is 313 g/mol. The molecule has 3 nitrogen and oxygen atoms in total. The lowest BCUT2D eigenvalue weighted by Crippen LogP contribution is -2.39. The Morgan fingerprint density at radius 2 is 2.09 bits per heavy atom. The first-order chi connectivity index (χ1) is 10.2. The second-order valence-electron chi connectivity index (χ2n) is 5.78. The van der Waals surface area contributed by atoms with Gasteiger partial charge in [-0.25, -0.2) is 0 Å². The van der Waals surface area contributed by atoms with Gasteiger partial charge in [-0.05, 0) is 25.0 Å². The van der Waals surface area contributed by atoms with Gasteiger partial charge in [0, 0.05) is 37.6 Å². The average molecular weight is 313 g/mol. The van der Waals surface area contributed by atoms with Gasteiger partial charge >= 0.3 is 6.18 Å². The third-order valence-electron chi connectivity index (χ3n) is 4.28. The van der Waals surface area contributed by atoms with Crippen molar-refractivity contribution >= 4 is 0 Å². The molecule has 0 aromatic carbocycles. The Labute approximate surface area is 129 Å². The van der Waals surface area contributed by atoms with E-state index in [0.29, 0.717) is 11.6 Å². The zero-order valence-electron chi connectivity index (χ0n) is 13.0. The second kappa shape index (κ2) is 6.10. The van der Waals surface area contributed by atoms with Crippen molar-refractivity contribution in [3.05, 3.63) is 48.0 Å². The van der Waals surface area contributed by atoms with Crippen LogP contribution in [0.2, 0.25) is 0 Å². The van der Waals surface area contributed by atoms with Crippen LogP contribution < -0.4 is 5.32 Å². The summed E-state index contributed by atoms with van der Waals surface area (Å²) in [5.41, 5.74) is 2.91. The molecule has 1 N–H and O–H groups in total. The van der Waals surface area contributed by atoms with E-state index in [1.807, 2.05) is 6.08 Å². The maximum absolute atomic E-state index is 12.2. The van der Waals surface area contributed by atoms with E-state index in [0.717, 1.165) is 25.2 Å². The molecule has 2 aliphatic rings. The number of alkyl halides is 3. The lowest BCUT2D eigenvalue weighted by molar-refractivity contribution is -0.123. The molecule has 0 spiro atoms. The molecular weight excluding hydrogens is 291 g/mol. The molecule has 6 heteroatoms. The van der Waals surface area contributed by atoms with Gasteiger partial charge in [0.25, 0.3) is 0 Å². The van der Waals surface area contributed by atoms with Crippen LogP contribution in [0, 0.1) is 0 Å². The fourth-order valence-electron chi connectivity index (χ4n) is 2.79. The Bertz CT molecular complexity index is 531. The molecule has 1 unspecified atom stereocenters. The lowest BCUT2D eigenvalue weighted by Gasteiger charge is -2.35. The van der Waals surface area contributed by atoms with E-state index in [4.69, 9.17) is 0 Å². The molecule has 2 rings (SSSR count). The first kappa shape index (κ1) is 16.5. The molecule has 1 fully saturated rings. The fourth-order valence-corrected chi connectivity index (χ4v) is 2.79. The van der Waals surface area contributed by atoms with E-state index >= 15 is 0 Å². The van der Waals surface area contributed by atoms with Crippen molar-refractivity contribution in [2.45, 2.75) is 25.6 Å². The van der Waals surface area contributed by atoms with Crippen LogP contribution in [-0.4, -0.2) is 48.7 Å². The number of halogens is 3. The summed E-state index contributed by atoms with van der Waals surface area (Å²) in [7, 11) is 2.08. The van der Waals surface area contributed by atoms with Gasteiger partial charge in [-0.15, -0.1) is 0 Å². The highest BCUT2D eigenvalue weighted by Gasteiger charge is 2.32. The number of likely N-dealkylation sites (N-methyl/N-ethyl adjacent to an activating group) is 1. The van der Waals surface area contributed by atoms with E-state index in [1.54, 1.807) is 6.08 Å². The Morgan fingerprint density at radius 1 is 1.41 bits per heavy atom. The van der Waals surface area contributed by atoms with E-state index in [9.17, 15) is 13.2 Å². The maximum atomic E-state index is 12.2. The lowest BCUT2D eigenvalue weighted by atomic mass is 10.1. The summed E-state index contributed by atoms with van der Waals surface area (Å²) >= 11 is 0. The molecule has 0 aromatic rings. The van der Waals surface area contributed by atoms with Gasteiger partial charge in [0.15, 0.2) is 0 Å². The topological polar surface area (TPSA) is 18.5 Å². The quantitative estimate of drug-likeness (QED) is 0.787. The minimum atomic E-state index is -4.26. The first-order valence-corrected chi connectivity index (χ1v) is 7.24. The number of nitrogens with one attached hydrogen (secondary N) is 1. The maximum Gasteiger partial charge on any atom is 0.405 e. The van der Waals surface area contributed by atoms with Crippen molar-refractivity contribution < 1.29 is 13.2 Å². The summed E-state index contributed by atoms with van der Waals surface area (Å²) in [5, 5.41) is 2.25. The van der Waals surface area contributed by atoms with E-state index < -0.39 is 12.7 Å². The third-order valence-corrected chi connectivity index (χ3v) is 4.28. The van der Waals surface area contributed by atoms with Gasteiger partial charge in [-0.2, -0.15) is 13.2 Å². The summed E-state index contributed by atoms with van der Waals surface area (Å²) in [5.74, 6) is 0. The number of rotatable bonds is 5. The van der Waals surface area contributed by atoms with Crippen LogP contribution in [0.3, 0.4) is 0 Å². The number of nitrogens with zero attached hydrogens (tertiary/aromatic N) is 2. The highest BCUT2D eigenvalue weighted by Crippen LogP contribution is 2.30. The molecular formula is C16H22F3N3. The van der Waals surface area contributed by atoms with Crippen LogP contribution >= 0.6 is 0 Å². The molecule has 2 heterocycles. The van der Waals surface area contributed by atoms with Crippen molar-refractivity contribution in [1.82, 2.24) is 15.1 Å². The van der Waals surface area contributed by atoms with Gasteiger partial charge in [-0.1, -0.05) is 19.2 Å². The van der Waals surface area contributed by atoms with Crippen LogP contribution in [0.1, 0.15) is 13.3 Å². The number of fused-ring (bicyclic) bond motifs is 2. The van der Waals surface area contributed by atoms with Gasteiger partial charge in [0.05, 0.1) is 5.70 Å². The summed E-state index contributed by atoms with van der Waals surface area (Å²) in [6.07, 6.45) is 0.502. The van der Waals surface area contributed by atoms with Crippen molar-refractivity contribution in [3.8, 4) is 0 Å². The van der Waals surface area contributed by atoms with Crippen LogP contribution in [0.25, 0.3) is 0 Å². The molecule has 0 aliphatic carbocycles. The molecule has 0 radical (unpaired) electrons. The normalized spacial score (nSPS) is 21.8. The predicted octanol–water partition coefficient (Wildman–Crippen LogP) is 3.02. The summed E-state index contributed by atoms with van der Waals surface area (Å²) in [4.78, 5) is 4.57. The fraction of sp³-hybridized carbons (Fsp3) is 0.500. The molecule has 2 bridgehead atoms. The highest BCUT2D eigenvalue weighted by atomic mass is 19.4. The van der Waals surface area contributed by atoms with Crippen molar-refractivity contribution in [2.24, 2.45) is 0 Å². The summed E-state index contributed by atoms with van der Waals surface area (Å²) in [6, 6.07) is 0.559. The Hall–Kier alpha value is -1.85. The molecule has 2 aliphatic heterocycles. The zero-order chi connectivity index (χ0) is 16.5. The summed E-state index contributed by atoms with van der Waals surface area (Å²) in [6.45, 7) is 10.3. The van der Waals surface area contributed by atoms with Crippen LogP contribution in [-0.2, 0) is 0 Å². The number of hydrogen-bond donors (Lipinski definition) is 1. The largest absolute Gasteiger partial charge is 0.405 e. The van der Waals surface area contributed by atoms with Crippen LogP contribution in [0.5, 0.6) is 0 Å². The van der Waals surface area contributed by atoms with E-state index in [2.05, 4.69) is 42.2 Å². The first-order valence-electron chi connectivity index (χ1n) is 7.24. The third kappa shape index (κ3) is 3.67. The molecule has 1 saturated heterocycles. The number of hydrogen-bond acceptors (Lipinski definition) is 3. The molecule has 0 amide bonds. The van der Waals surface area contributed by atoms with Gasteiger partial charge in [0.1, 0.15) is 6.54 Å². The molecule has 0 saturated carbocycles. The predicted molar refractivity (Wildman–Crippen MR) is 81.9 cm³/mol. The van der Waals surface area contributed by atoms with Crippen molar-refractivity contribution in [1.29, 1.82) is 0 Å². The molecule has 122 valence electrons. The summed E-state index contributed by atoms with van der Waals surface area (Å²) < 4.78 is 36.5.